The molecule has 2 N–H and O–H groups in total. The predicted molar refractivity (Wildman–Crippen MR) is 140 cm³/mol. The van der Waals surface area contributed by atoms with Crippen molar-refractivity contribution in [2.45, 2.75) is 44.0 Å². The zero-order valence-electron chi connectivity index (χ0n) is 22.0. The predicted octanol–water partition coefficient (Wildman–Crippen LogP) is 4.98. The number of rotatable bonds is 8. The van der Waals surface area contributed by atoms with Crippen molar-refractivity contribution in [3.8, 4) is 5.75 Å². The van der Waals surface area contributed by atoms with Gasteiger partial charge < -0.3 is 20.1 Å². The zero-order chi connectivity index (χ0) is 27.7. The fourth-order valence-corrected chi connectivity index (χ4v) is 5.98. The summed E-state index contributed by atoms with van der Waals surface area (Å²) in [5, 5.41) is 11.8. The number of hydrogen-bond acceptors (Lipinski definition) is 4. The van der Waals surface area contributed by atoms with Gasteiger partial charge in [0.1, 0.15) is 23.4 Å². The van der Waals surface area contributed by atoms with Gasteiger partial charge in [-0.3, -0.25) is 14.4 Å². The summed E-state index contributed by atoms with van der Waals surface area (Å²) in [7, 11) is -0.163. The molecule has 0 bridgehead atoms. The Labute approximate surface area is 217 Å². The largest absolute Gasteiger partial charge is 0.497 e. The number of nitrogens with zero attached hydrogens (tertiary/aromatic N) is 1. The second-order valence-corrected chi connectivity index (χ2v) is 14.9. The van der Waals surface area contributed by atoms with Crippen molar-refractivity contribution in [2.75, 3.05) is 37.7 Å². The molecule has 1 atom stereocenters. The van der Waals surface area contributed by atoms with E-state index < -0.39 is 45.0 Å². The Morgan fingerprint density at radius 3 is 2.27 bits per heavy atom. The summed E-state index contributed by atoms with van der Waals surface area (Å²) in [5.74, 6) is -2.90. The number of nitrogens with one attached hydrogen (secondary N) is 1. The average molecular weight is 537 g/mol. The number of anilines is 1. The van der Waals surface area contributed by atoms with Gasteiger partial charge in [0.2, 0.25) is 5.91 Å². The fraction of sp³-hybridized carbons (Fsp3) is 0.444. The number of carbonyl (C=O) groups is 3. The van der Waals surface area contributed by atoms with Crippen LogP contribution in [0.4, 0.5) is 14.5 Å². The van der Waals surface area contributed by atoms with Crippen LogP contribution in [0.2, 0.25) is 0 Å². The molecule has 2 amide bonds. The lowest BCUT2D eigenvalue weighted by Gasteiger charge is -2.38. The second-order valence-electron chi connectivity index (χ2n) is 10.8. The molecule has 0 aromatic heterocycles. The van der Waals surface area contributed by atoms with Gasteiger partial charge in [-0.25, -0.2) is 18.8 Å². The molecule has 0 unspecified atom stereocenters. The van der Waals surface area contributed by atoms with E-state index in [1.165, 1.54) is 12.0 Å². The van der Waals surface area contributed by atoms with Crippen molar-refractivity contribution in [3.05, 3.63) is 53.1 Å². The number of halogens is 2. The molecule has 0 aliphatic carbocycles. The summed E-state index contributed by atoms with van der Waals surface area (Å²) in [6.07, 6.45) is 5.49. The van der Waals surface area contributed by atoms with E-state index in [0.717, 1.165) is 17.7 Å². The van der Waals surface area contributed by atoms with Crippen molar-refractivity contribution in [1.82, 2.24) is 4.90 Å². The molecule has 2 aromatic carbocycles. The lowest BCUT2D eigenvalue weighted by atomic mass is 9.84. The fourth-order valence-electron chi connectivity index (χ4n) is 4.69. The first-order chi connectivity index (χ1) is 17.1. The van der Waals surface area contributed by atoms with Gasteiger partial charge in [-0.2, -0.15) is 0 Å². The van der Waals surface area contributed by atoms with Crippen LogP contribution in [0.5, 0.6) is 5.75 Å². The van der Waals surface area contributed by atoms with Gasteiger partial charge in [-0.15, -0.1) is 0 Å². The maximum absolute atomic E-state index is 14.8. The topological polar surface area (TPSA) is 95.9 Å². The monoisotopic (exact) mass is 536 g/mol. The molecule has 0 fully saturated rings. The Hall–Kier alpha value is -3.14. The van der Waals surface area contributed by atoms with Gasteiger partial charge in [-0.1, -0.05) is 19.9 Å². The molecule has 2 aromatic rings. The maximum Gasteiger partial charge on any atom is 0.303 e. The number of carbonyl (C=O) groups excluding carboxylic acids is 2. The second kappa shape index (κ2) is 10.7. The number of ether oxygens (including phenoxy) is 1. The molecule has 0 saturated heterocycles. The summed E-state index contributed by atoms with van der Waals surface area (Å²) in [6, 6.07) is 6.30. The van der Waals surface area contributed by atoms with Crippen LogP contribution in [0.1, 0.15) is 43.9 Å². The summed E-state index contributed by atoms with van der Waals surface area (Å²) < 4.78 is 34.9. The van der Waals surface area contributed by atoms with E-state index in [0.29, 0.717) is 17.7 Å². The van der Waals surface area contributed by atoms with E-state index in [9.17, 15) is 28.3 Å². The number of benzene rings is 2. The van der Waals surface area contributed by atoms with E-state index in [-0.39, 0.29) is 35.9 Å². The van der Waals surface area contributed by atoms with Crippen LogP contribution in [0, 0.1) is 17.0 Å². The third kappa shape index (κ3) is 6.60. The highest BCUT2D eigenvalue weighted by atomic mass is 32.3. The zero-order valence-corrected chi connectivity index (χ0v) is 22.8. The number of amides is 2. The number of carboxylic acid groups (broad SMARTS) is 1. The van der Waals surface area contributed by atoms with Crippen molar-refractivity contribution in [1.29, 1.82) is 0 Å². The Morgan fingerprint density at radius 1 is 1.11 bits per heavy atom. The van der Waals surface area contributed by atoms with E-state index in [4.69, 9.17) is 4.74 Å². The van der Waals surface area contributed by atoms with Crippen LogP contribution >= 0.6 is 10.0 Å². The number of hydrogen-bond donors (Lipinski definition) is 2. The number of methoxy groups -OCH3 is 1. The smallest absolute Gasteiger partial charge is 0.303 e. The molecule has 37 heavy (non-hydrogen) atoms. The van der Waals surface area contributed by atoms with Crippen molar-refractivity contribution in [2.24, 2.45) is 5.41 Å². The Kier molecular flexibility index (Phi) is 8.21. The minimum Gasteiger partial charge on any atom is -0.497 e. The molecule has 1 heterocycles. The number of fused-ring (bicyclic) bond motifs is 1. The highest BCUT2D eigenvalue weighted by molar-refractivity contribution is 8.32. The maximum atomic E-state index is 14.8. The summed E-state index contributed by atoms with van der Waals surface area (Å²) in [6.45, 7) is 3.58. The highest BCUT2D eigenvalue weighted by Gasteiger charge is 2.38. The van der Waals surface area contributed by atoms with Gasteiger partial charge >= 0.3 is 5.97 Å². The third-order valence-corrected chi connectivity index (χ3v) is 7.90. The highest BCUT2D eigenvalue weighted by Crippen LogP contribution is 2.48. The van der Waals surface area contributed by atoms with Crippen LogP contribution in [-0.2, 0) is 20.8 Å². The lowest BCUT2D eigenvalue weighted by molar-refractivity contribution is -0.144. The minimum atomic E-state index is -1.69. The van der Waals surface area contributed by atoms with Crippen LogP contribution in [0.15, 0.2) is 35.2 Å². The molecular weight excluding hydrogens is 502 g/mol. The van der Waals surface area contributed by atoms with E-state index in [2.05, 4.69) is 5.32 Å². The van der Waals surface area contributed by atoms with Crippen LogP contribution in [0.25, 0.3) is 0 Å². The molecule has 202 valence electrons. The first-order valence-electron chi connectivity index (χ1n) is 11.8. The molecular formula is C27H34F2N2O5S. The SMILES string of the molecule is COc1ccc2c(c1)CCN(C(=O)CC(C)(C)CC(=O)O)[C@H]2C(=O)Nc1cc(F)c(S(C)(C)C)c(F)c1. The van der Waals surface area contributed by atoms with Crippen molar-refractivity contribution < 1.29 is 33.0 Å². The van der Waals surface area contributed by atoms with Crippen LogP contribution in [0.3, 0.4) is 0 Å². The molecule has 0 radical (unpaired) electrons. The molecule has 1 aliphatic heterocycles. The van der Waals surface area contributed by atoms with Crippen LogP contribution < -0.4 is 10.1 Å². The summed E-state index contributed by atoms with van der Waals surface area (Å²) in [4.78, 5) is 39.6. The number of aliphatic carboxylic acids is 1. The van der Waals surface area contributed by atoms with Crippen molar-refractivity contribution in [3.63, 3.8) is 0 Å². The lowest BCUT2D eigenvalue weighted by Crippen LogP contribution is -2.46. The first-order valence-corrected chi connectivity index (χ1v) is 14.6. The minimum absolute atomic E-state index is 0.00178. The Morgan fingerprint density at radius 2 is 1.73 bits per heavy atom. The molecule has 0 saturated carbocycles. The molecule has 3 rings (SSSR count). The van der Waals surface area contributed by atoms with Crippen LogP contribution in [-0.4, -0.2) is 60.2 Å². The normalized spacial score (nSPS) is 16.1. The first kappa shape index (κ1) is 28.4. The Balaban J connectivity index is 1.98. The van der Waals surface area contributed by atoms with E-state index in [1.54, 1.807) is 50.8 Å². The van der Waals surface area contributed by atoms with Gasteiger partial charge in [0.05, 0.1) is 18.4 Å². The third-order valence-electron chi connectivity index (χ3n) is 6.28. The molecule has 0 spiro atoms. The molecule has 7 nitrogen and oxygen atoms in total. The Bertz CT molecular complexity index is 1200. The van der Waals surface area contributed by atoms with Gasteiger partial charge in [0.25, 0.3) is 5.91 Å². The van der Waals surface area contributed by atoms with Crippen molar-refractivity contribution >= 4 is 33.5 Å². The van der Waals surface area contributed by atoms with Gasteiger partial charge in [-0.05, 0) is 66.0 Å². The van der Waals surface area contributed by atoms with E-state index in [1.807, 2.05) is 0 Å². The summed E-state index contributed by atoms with van der Waals surface area (Å²) >= 11 is 0. The van der Waals surface area contributed by atoms with Gasteiger partial charge in [0, 0.05) is 18.7 Å². The molecule has 1 aliphatic rings. The summed E-state index contributed by atoms with van der Waals surface area (Å²) in [5.41, 5.74) is 0.510. The van der Waals surface area contributed by atoms with Gasteiger partial charge in [0.15, 0.2) is 0 Å². The average Bonchev–Trinajstić information content (AvgIpc) is 2.74. The number of carboxylic acids is 1. The molecule has 10 heteroatoms. The standard InChI is InChI=1S/C27H34F2N2O5S/c1-27(2,15-23(33)34)14-22(32)31-10-9-16-11-18(36-3)7-8-19(16)24(31)26(35)30-17-12-20(28)25(21(29)13-17)37(4,5)6/h7-8,11-13,24H,9-10,14-15H2,1-6H3,(H,30,35)(H,33,34)/t24-/m1/s1. The van der Waals surface area contributed by atoms with E-state index >= 15 is 0 Å². The quantitative estimate of drug-likeness (QED) is 0.496.